The van der Waals surface area contributed by atoms with Crippen LogP contribution in [0.4, 0.5) is 4.39 Å². The summed E-state index contributed by atoms with van der Waals surface area (Å²) < 4.78 is 51.6. The van der Waals surface area contributed by atoms with Crippen LogP contribution in [0.1, 0.15) is 6.42 Å². The molecular formula is C20H21FN2O5S2. The fourth-order valence-electron chi connectivity index (χ4n) is 2.85. The number of carbonyl (C=O) groups is 1. The third kappa shape index (κ3) is 4.94. The van der Waals surface area contributed by atoms with Crippen molar-refractivity contribution in [3.8, 4) is 5.75 Å². The first-order chi connectivity index (χ1) is 14.4. The van der Waals surface area contributed by atoms with Gasteiger partial charge in [0.1, 0.15) is 11.6 Å². The molecule has 0 spiro atoms. The van der Waals surface area contributed by atoms with Gasteiger partial charge in [0.25, 0.3) is 0 Å². The Morgan fingerprint density at radius 2 is 1.90 bits per heavy atom. The van der Waals surface area contributed by atoms with E-state index in [1.54, 1.807) is 28.8 Å². The molecule has 1 heterocycles. The van der Waals surface area contributed by atoms with Gasteiger partial charge in [0.05, 0.1) is 34.6 Å². The first-order valence-corrected chi connectivity index (χ1v) is 11.5. The number of halogens is 1. The molecule has 0 saturated heterocycles. The van der Waals surface area contributed by atoms with Crippen LogP contribution in [0.3, 0.4) is 0 Å². The van der Waals surface area contributed by atoms with Crippen molar-refractivity contribution in [1.82, 2.24) is 4.57 Å². The molecule has 0 aliphatic heterocycles. The molecule has 3 rings (SSSR count). The maximum absolute atomic E-state index is 14.3. The number of sulfone groups is 1. The zero-order valence-electron chi connectivity index (χ0n) is 16.5. The molecule has 2 aromatic carbocycles. The van der Waals surface area contributed by atoms with Gasteiger partial charge in [-0.2, -0.15) is 4.99 Å². The Bertz CT molecular complexity index is 1210. The highest BCUT2D eigenvalue weighted by molar-refractivity contribution is 7.91. The fraction of sp³-hybridized carbons (Fsp3) is 0.300. The van der Waals surface area contributed by atoms with E-state index in [0.29, 0.717) is 33.9 Å². The van der Waals surface area contributed by atoms with E-state index >= 15 is 0 Å². The van der Waals surface area contributed by atoms with Crippen LogP contribution in [-0.2, 0) is 25.9 Å². The van der Waals surface area contributed by atoms with Crippen LogP contribution in [0, 0.1) is 5.82 Å². The summed E-state index contributed by atoms with van der Waals surface area (Å²) in [6.45, 7) is 0.626. The molecule has 0 radical (unpaired) electrons. The Hall–Kier alpha value is -2.56. The summed E-state index contributed by atoms with van der Waals surface area (Å²) in [5.74, 6) is -0.849. The fourth-order valence-corrected chi connectivity index (χ4v) is 5.17. The van der Waals surface area contributed by atoms with Gasteiger partial charge in [0, 0.05) is 20.1 Å². The van der Waals surface area contributed by atoms with Gasteiger partial charge in [-0.25, -0.2) is 12.8 Å². The lowest BCUT2D eigenvalue weighted by atomic mass is 10.3. The van der Waals surface area contributed by atoms with Crippen molar-refractivity contribution in [3.05, 3.63) is 53.1 Å². The third-order valence-corrected chi connectivity index (χ3v) is 7.17. The number of fused-ring (bicyclic) bond motifs is 1. The second-order valence-corrected chi connectivity index (χ2v) is 9.48. The maximum Gasteiger partial charge on any atom is 0.249 e. The number of rotatable bonds is 8. The number of hydrogen-bond donors (Lipinski definition) is 0. The third-order valence-electron chi connectivity index (χ3n) is 4.39. The van der Waals surface area contributed by atoms with E-state index in [2.05, 4.69) is 4.99 Å². The number of aromatic nitrogens is 1. The predicted octanol–water partition coefficient (Wildman–Crippen LogP) is 2.79. The number of amides is 1. The van der Waals surface area contributed by atoms with Crippen molar-refractivity contribution in [2.75, 3.05) is 26.6 Å². The van der Waals surface area contributed by atoms with E-state index in [4.69, 9.17) is 9.47 Å². The van der Waals surface area contributed by atoms with Crippen LogP contribution in [-0.4, -0.2) is 45.5 Å². The minimum atomic E-state index is -3.65. The van der Waals surface area contributed by atoms with Crippen molar-refractivity contribution in [3.63, 3.8) is 0 Å². The minimum Gasteiger partial charge on any atom is -0.497 e. The average molecular weight is 453 g/mol. The van der Waals surface area contributed by atoms with Crippen LogP contribution in [0.15, 0.2) is 52.4 Å². The summed E-state index contributed by atoms with van der Waals surface area (Å²) in [5.41, 5.74) is 0.344. The number of ether oxygens (including phenoxy) is 2. The second kappa shape index (κ2) is 9.50. The molecule has 0 aliphatic carbocycles. The highest BCUT2D eigenvalue weighted by Crippen LogP contribution is 2.21. The highest BCUT2D eigenvalue weighted by atomic mass is 32.2. The molecule has 0 unspecified atom stereocenters. The van der Waals surface area contributed by atoms with Gasteiger partial charge in [-0.15, -0.1) is 0 Å². The SMILES string of the molecule is COCCn1c(=NC(=O)CCS(=O)(=O)c2ccc(OC)cc2)sc2cccc(F)c21. The Labute approximate surface area is 177 Å². The zero-order valence-corrected chi connectivity index (χ0v) is 18.1. The zero-order chi connectivity index (χ0) is 21.7. The predicted molar refractivity (Wildman–Crippen MR) is 112 cm³/mol. The topological polar surface area (TPSA) is 87.0 Å². The first kappa shape index (κ1) is 22.1. The van der Waals surface area contributed by atoms with Crippen molar-refractivity contribution in [2.45, 2.75) is 17.9 Å². The van der Waals surface area contributed by atoms with Gasteiger partial charge in [0.15, 0.2) is 14.6 Å². The molecule has 1 aromatic heterocycles. The lowest BCUT2D eigenvalue weighted by Crippen LogP contribution is -2.20. The molecule has 0 aliphatic rings. The Morgan fingerprint density at radius 3 is 2.57 bits per heavy atom. The number of hydrogen-bond acceptors (Lipinski definition) is 6. The normalized spacial score (nSPS) is 12.4. The van der Waals surface area contributed by atoms with Crippen LogP contribution in [0.5, 0.6) is 5.75 Å². The van der Waals surface area contributed by atoms with Crippen LogP contribution >= 0.6 is 11.3 Å². The molecular weight excluding hydrogens is 431 g/mol. The van der Waals surface area contributed by atoms with Gasteiger partial charge in [-0.3, -0.25) is 4.79 Å². The molecule has 10 heteroatoms. The summed E-state index contributed by atoms with van der Waals surface area (Å²) >= 11 is 1.17. The van der Waals surface area contributed by atoms with Gasteiger partial charge < -0.3 is 14.0 Å². The monoisotopic (exact) mass is 452 g/mol. The number of benzene rings is 2. The van der Waals surface area contributed by atoms with E-state index in [1.165, 1.54) is 43.8 Å². The number of methoxy groups -OCH3 is 2. The van der Waals surface area contributed by atoms with Gasteiger partial charge in [0.2, 0.25) is 5.91 Å². The molecule has 160 valence electrons. The van der Waals surface area contributed by atoms with E-state index in [-0.39, 0.29) is 17.1 Å². The quantitative estimate of drug-likeness (QED) is 0.525. The lowest BCUT2D eigenvalue weighted by Gasteiger charge is -2.05. The van der Waals surface area contributed by atoms with Crippen molar-refractivity contribution >= 4 is 37.3 Å². The van der Waals surface area contributed by atoms with E-state index in [0.717, 1.165) is 0 Å². The Balaban J connectivity index is 1.83. The summed E-state index contributed by atoms with van der Waals surface area (Å²) in [5, 5.41) is 0. The molecule has 0 bridgehead atoms. The van der Waals surface area contributed by atoms with Crippen molar-refractivity contribution in [2.24, 2.45) is 4.99 Å². The number of thiazole rings is 1. The molecule has 0 saturated carbocycles. The van der Waals surface area contributed by atoms with Crippen molar-refractivity contribution < 1.29 is 27.1 Å². The second-order valence-electron chi connectivity index (χ2n) is 6.37. The van der Waals surface area contributed by atoms with Gasteiger partial charge in [-0.05, 0) is 36.4 Å². The molecule has 7 nitrogen and oxygen atoms in total. The van der Waals surface area contributed by atoms with Crippen molar-refractivity contribution in [1.29, 1.82) is 0 Å². The average Bonchev–Trinajstić information content (AvgIpc) is 3.09. The van der Waals surface area contributed by atoms with Gasteiger partial charge in [-0.1, -0.05) is 17.4 Å². The highest BCUT2D eigenvalue weighted by Gasteiger charge is 2.17. The standard InChI is InChI=1S/C20H21FN2O5S2/c1-27-12-11-23-19-16(21)4-3-5-17(19)29-20(23)22-18(24)10-13-30(25,26)15-8-6-14(28-2)7-9-15/h3-9H,10-13H2,1-2H3. The molecule has 3 aromatic rings. The summed E-state index contributed by atoms with van der Waals surface area (Å²) in [6, 6.07) is 10.6. The molecule has 0 N–H and O–H groups in total. The van der Waals surface area contributed by atoms with E-state index in [1.807, 2.05) is 0 Å². The summed E-state index contributed by atoms with van der Waals surface area (Å²) in [4.78, 5) is 16.9. The van der Waals surface area contributed by atoms with E-state index in [9.17, 15) is 17.6 Å². The molecule has 0 atom stereocenters. The lowest BCUT2D eigenvalue weighted by molar-refractivity contribution is -0.117. The summed E-state index contributed by atoms with van der Waals surface area (Å²) in [6.07, 6.45) is -0.282. The minimum absolute atomic E-state index is 0.107. The molecule has 0 fully saturated rings. The number of para-hydroxylation sites is 1. The smallest absolute Gasteiger partial charge is 0.249 e. The Morgan fingerprint density at radius 1 is 1.17 bits per heavy atom. The number of carbonyl (C=O) groups excluding carboxylic acids is 1. The van der Waals surface area contributed by atoms with E-state index < -0.39 is 21.6 Å². The van der Waals surface area contributed by atoms with Crippen LogP contribution in [0.25, 0.3) is 10.2 Å². The Kier molecular flexibility index (Phi) is 7.01. The number of nitrogens with zero attached hydrogens (tertiary/aromatic N) is 2. The molecule has 1 amide bonds. The molecule has 30 heavy (non-hydrogen) atoms. The largest absolute Gasteiger partial charge is 0.497 e. The summed E-state index contributed by atoms with van der Waals surface area (Å²) in [7, 11) is -0.634. The van der Waals surface area contributed by atoms with Crippen LogP contribution in [0.2, 0.25) is 0 Å². The maximum atomic E-state index is 14.3. The van der Waals surface area contributed by atoms with Crippen LogP contribution < -0.4 is 9.54 Å². The van der Waals surface area contributed by atoms with Gasteiger partial charge >= 0.3 is 0 Å². The first-order valence-electron chi connectivity index (χ1n) is 9.07.